The molecule has 25 heavy (non-hydrogen) atoms. The highest BCUT2D eigenvalue weighted by Gasteiger charge is 2.25. The maximum atomic E-state index is 11.4. The molecule has 5 nitrogen and oxygen atoms in total. The summed E-state index contributed by atoms with van der Waals surface area (Å²) in [5, 5.41) is 10.5. The lowest BCUT2D eigenvalue weighted by Gasteiger charge is -2.23. The van der Waals surface area contributed by atoms with Crippen molar-refractivity contribution in [3.8, 4) is 5.75 Å². The van der Waals surface area contributed by atoms with Gasteiger partial charge in [0.25, 0.3) is 0 Å². The minimum Gasteiger partial charge on any atom is -0.485 e. The molecule has 0 unspecified atom stereocenters. The number of hydrogen-bond donors (Lipinski definition) is 1. The molecule has 0 bridgehead atoms. The van der Waals surface area contributed by atoms with Gasteiger partial charge in [0.1, 0.15) is 24.2 Å². The van der Waals surface area contributed by atoms with Gasteiger partial charge >= 0.3 is 5.97 Å². The Morgan fingerprint density at radius 3 is 2.92 bits per heavy atom. The van der Waals surface area contributed by atoms with E-state index in [1.54, 1.807) is 42.7 Å². The fourth-order valence-corrected chi connectivity index (χ4v) is 3.05. The Morgan fingerprint density at radius 1 is 1.36 bits per heavy atom. The third-order valence-electron chi connectivity index (χ3n) is 3.67. The molecule has 1 fully saturated rings. The molecule has 2 aromatic rings. The molecule has 3 rings (SSSR count). The van der Waals surface area contributed by atoms with Gasteiger partial charge in [-0.1, -0.05) is 29.3 Å². The Morgan fingerprint density at radius 2 is 2.20 bits per heavy atom. The van der Waals surface area contributed by atoms with Crippen molar-refractivity contribution < 1.29 is 23.8 Å². The minimum absolute atomic E-state index is 0.0174. The summed E-state index contributed by atoms with van der Waals surface area (Å²) in [5.41, 5.74) is 0.605. The van der Waals surface area contributed by atoms with E-state index < -0.39 is 18.2 Å². The summed E-state index contributed by atoms with van der Waals surface area (Å²) in [4.78, 5) is 11.4. The Labute approximate surface area is 154 Å². The lowest BCUT2D eigenvalue weighted by Crippen LogP contribution is -2.31. The van der Waals surface area contributed by atoms with Crippen LogP contribution in [0.4, 0.5) is 0 Å². The predicted octanol–water partition coefficient (Wildman–Crippen LogP) is 4.25. The molecule has 1 aromatic carbocycles. The third kappa shape index (κ3) is 4.78. The lowest BCUT2D eigenvalue weighted by molar-refractivity contribution is -0.156. The van der Waals surface area contributed by atoms with Gasteiger partial charge in [-0.3, -0.25) is 4.79 Å². The maximum Gasteiger partial charge on any atom is 0.309 e. The zero-order valence-electron chi connectivity index (χ0n) is 13.2. The third-order valence-corrected chi connectivity index (χ3v) is 4.20. The highest BCUT2D eigenvalue weighted by molar-refractivity contribution is 6.35. The van der Waals surface area contributed by atoms with E-state index in [-0.39, 0.29) is 13.0 Å². The second-order valence-corrected chi connectivity index (χ2v) is 6.49. The zero-order chi connectivity index (χ0) is 17.8. The molecule has 1 aliphatic rings. The first kappa shape index (κ1) is 17.9. The normalized spacial score (nSPS) is 20.7. The average Bonchev–Trinajstić information content (AvgIpc) is 3.04. The van der Waals surface area contributed by atoms with Crippen LogP contribution in [-0.2, 0) is 16.1 Å². The highest BCUT2D eigenvalue weighted by Crippen LogP contribution is 2.33. The Hall–Kier alpha value is -1.95. The number of halogens is 2. The molecule has 1 aliphatic heterocycles. The second kappa shape index (κ2) is 7.95. The number of aliphatic hydroxyl groups excluding tert-OH is 1. The van der Waals surface area contributed by atoms with Crippen LogP contribution in [0.1, 0.15) is 24.2 Å². The van der Waals surface area contributed by atoms with Gasteiger partial charge < -0.3 is 19.0 Å². The van der Waals surface area contributed by atoms with Crippen LogP contribution >= 0.6 is 23.2 Å². The Balaban J connectivity index is 1.79. The van der Waals surface area contributed by atoms with Crippen molar-refractivity contribution in [2.75, 3.05) is 0 Å². The van der Waals surface area contributed by atoms with E-state index >= 15 is 0 Å². The summed E-state index contributed by atoms with van der Waals surface area (Å²) in [5.74, 6) is 0.716. The number of hydrogen-bond acceptors (Lipinski definition) is 5. The quantitative estimate of drug-likeness (QED) is 0.782. The molecule has 7 heteroatoms. The van der Waals surface area contributed by atoms with Crippen LogP contribution in [0.15, 0.2) is 41.0 Å². The lowest BCUT2D eigenvalue weighted by atomic mass is 10.0. The number of rotatable bonds is 5. The van der Waals surface area contributed by atoms with Crippen LogP contribution in [-0.4, -0.2) is 23.3 Å². The van der Waals surface area contributed by atoms with Crippen LogP contribution in [0.5, 0.6) is 5.75 Å². The van der Waals surface area contributed by atoms with Crippen molar-refractivity contribution in [2.24, 2.45) is 0 Å². The summed E-state index contributed by atoms with van der Waals surface area (Å²) in [6, 6.07) is 6.82. The first-order valence-electron chi connectivity index (χ1n) is 7.71. The molecule has 2 atom stereocenters. The van der Waals surface area contributed by atoms with Gasteiger partial charge in [0.05, 0.1) is 23.8 Å². The van der Waals surface area contributed by atoms with Gasteiger partial charge in [0.15, 0.2) is 0 Å². The fraction of sp³-hybridized carbons (Fsp3) is 0.278. The summed E-state index contributed by atoms with van der Waals surface area (Å²) in [6.45, 7) is 0.224. The molecule has 0 aliphatic carbocycles. The SMILES string of the molecule is O=C1C[C@H](O)C[C@@H](/C=C/c2c(Cl)cc(Cl)cc2OCc2ccco2)O1. The van der Waals surface area contributed by atoms with E-state index in [9.17, 15) is 9.90 Å². The van der Waals surface area contributed by atoms with Crippen LogP contribution in [0.2, 0.25) is 10.0 Å². The highest BCUT2D eigenvalue weighted by atomic mass is 35.5. The van der Waals surface area contributed by atoms with E-state index in [1.807, 2.05) is 0 Å². The summed E-state index contributed by atoms with van der Waals surface area (Å²) in [6.07, 6.45) is 4.08. The average molecular weight is 383 g/mol. The van der Waals surface area contributed by atoms with E-state index in [0.717, 1.165) is 0 Å². The van der Waals surface area contributed by atoms with Crippen molar-refractivity contribution in [1.29, 1.82) is 0 Å². The monoisotopic (exact) mass is 382 g/mol. The first-order chi connectivity index (χ1) is 12.0. The minimum atomic E-state index is -0.703. The summed E-state index contributed by atoms with van der Waals surface area (Å²) >= 11 is 12.3. The van der Waals surface area contributed by atoms with Gasteiger partial charge in [0, 0.05) is 17.0 Å². The van der Waals surface area contributed by atoms with Crippen LogP contribution in [0, 0.1) is 0 Å². The molecule has 0 saturated carbocycles. The molecule has 0 spiro atoms. The van der Waals surface area contributed by atoms with Crippen molar-refractivity contribution in [3.05, 3.63) is 58.0 Å². The molecule has 1 saturated heterocycles. The Bertz CT molecular complexity index is 770. The van der Waals surface area contributed by atoms with Crippen molar-refractivity contribution in [1.82, 2.24) is 0 Å². The number of carbonyl (C=O) groups is 1. The van der Waals surface area contributed by atoms with Crippen molar-refractivity contribution >= 4 is 35.2 Å². The van der Waals surface area contributed by atoms with Gasteiger partial charge in [-0.15, -0.1) is 0 Å². The standard InChI is InChI=1S/C18H16Cl2O5/c19-11-6-16(20)15(4-3-13-8-12(21)9-18(22)25-13)17(7-11)24-10-14-2-1-5-23-14/h1-7,12-13,21H,8-10H2/b4-3+/t12-,13-/m1/s1. The predicted molar refractivity (Wildman–Crippen MR) is 93.7 cm³/mol. The number of ether oxygens (including phenoxy) is 2. The molecular weight excluding hydrogens is 367 g/mol. The molecule has 132 valence electrons. The van der Waals surface area contributed by atoms with Crippen LogP contribution in [0.3, 0.4) is 0 Å². The molecule has 2 heterocycles. The number of cyclic esters (lactones) is 1. The smallest absolute Gasteiger partial charge is 0.309 e. The summed E-state index contributed by atoms with van der Waals surface area (Å²) in [7, 11) is 0. The van der Waals surface area contributed by atoms with Crippen molar-refractivity contribution in [3.63, 3.8) is 0 Å². The number of furan rings is 1. The Kier molecular flexibility index (Phi) is 5.68. The van der Waals surface area contributed by atoms with E-state index in [0.29, 0.717) is 33.5 Å². The van der Waals surface area contributed by atoms with E-state index in [4.69, 9.17) is 37.1 Å². The number of esters is 1. The van der Waals surface area contributed by atoms with E-state index in [1.165, 1.54) is 0 Å². The largest absolute Gasteiger partial charge is 0.485 e. The number of benzene rings is 1. The molecule has 0 amide bonds. The number of carbonyl (C=O) groups excluding carboxylic acids is 1. The van der Waals surface area contributed by atoms with Gasteiger partial charge in [-0.2, -0.15) is 0 Å². The zero-order valence-corrected chi connectivity index (χ0v) is 14.7. The first-order valence-corrected chi connectivity index (χ1v) is 8.47. The molecule has 1 aromatic heterocycles. The number of aliphatic hydroxyl groups is 1. The molecule has 0 radical (unpaired) electrons. The fourth-order valence-electron chi connectivity index (χ4n) is 2.52. The van der Waals surface area contributed by atoms with Gasteiger partial charge in [-0.25, -0.2) is 0 Å². The topological polar surface area (TPSA) is 68.9 Å². The van der Waals surface area contributed by atoms with E-state index in [2.05, 4.69) is 0 Å². The molecule has 1 N–H and O–H groups in total. The van der Waals surface area contributed by atoms with Gasteiger partial charge in [0.2, 0.25) is 0 Å². The van der Waals surface area contributed by atoms with Crippen molar-refractivity contribution in [2.45, 2.75) is 31.7 Å². The second-order valence-electron chi connectivity index (χ2n) is 5.65. The van der Waals surface area contributed by atoms with Crippen LogP contribution in [0.25, 0.3) is 6.08 Å². The molecular formula is C18H16Cl2O5. The maximum absolute atomic E-state index is 11.4. The van der Waals surface area contributed by atoms with Gasteiger partial charge in [-0.05, 0) is 30.3 Å². The summed E-state index contributed by atoms with van der Waals surface area (Å²) < 4.78 is 16.2. The van der Waals surface area contributed by atoms with Crippen LogP contribution < -0.4 is 4.74 Å².